The summed E-state index contributed by atoms with van der Waals surface area (Å²) in [7, 11) is 0. The van der Waals surface area contributed by atoms with Crippen LogP contribution in [0.4, 0.5) is 0 Å². The number of pyridine rings is 1. The number of fused-ring (bicyclic) bond motifs is 1. The lowest BCUT2D eigenvalue weighted by Gasteiger charge is -2.11. The Hall–Kier alpha value is -1.49. The first-order valence-corrected chi connectivity index (χ1v) is 6.57. The fourth-order valence-electron chi connectivity index (χ4n) is 1.81. The number of aromatic amines is 1. The molecule has 2 aromatic rings. The van der Waals surface area contributed by atoms with E-state index in [9.17, 15) is 4.79 Å². The van der Waals surface area contributed by atoms with Crippen molar-refractivity contribution in [1.82, 2.24) is 4.98 Å². The minimum Gasteiger partial charge on any atom is -0.493 e. The normalized spacial score (nSPS) is 10.6. The van der Waals surface area contributed by atoms with E-state index in [2.05, 4.69) is 20.9 Å². The summed E-state index contributed by atoms with van der Waals surface area (Å²) in [4.78, 5) is 15.2. The van der Waals surface area contributed by atoms with Crippen molar-refractivity contribution in [1.29, 1.82) is 0 Å². The summed E-state index contributed by atoms with van der Waals surface area (Å²) in [6.45, 7) is 4.84. The van der Waals surface area contributed by atoms with Gasteiger partial charge in [-0.2, -0.15) is 0 Å². The van der Waals surface area contributed by atoms with Crippen LogP contribution in [-0.2, 0) is 0 Å². The zero-order chi connectivity index (χ0) is 13.1. The van der Waals surface area contributed by atoms with Gasteiger partial charge in [0.25, 0.3) is 0 Å². The standard InChI is InChI=1S/C13H14BrNO3/c1-3-17-9-5-6-10(18-4-2)12-11(9)13(16)8(14)7-15-12/h5-7H,3-4H2,1-2H3,(H,15,16). The highest BCUT2D eigenvalue weighted by Gasteiger charge is 2.13. The van der Waals surface area contributed by atoms with Crippen LogP contribution in [0.5, 0.6) is 11.5 Å². The Kier molecular flexibility index (Phi) is 3.91. The molecule has 0 amide bonds. The average molecular weight is 312 g/mol. The number of H-pyrrole nitrogens is 1. The quantitative estimate of drug-likeness (QED) is 0.944. The van der Waals surface area contributed by atoms with Gasteiger partial charge in [0.05, 0.1) is 28.6 Å². The Balaban J connectivity index is 2.78. The second-order valence-electron chi connectivity index (χ2n) is 3.64. The molecule has 5 heteroatoms. The van der Waals surface area contributed by atoms with Crippen LogP contribution in [-0.4, -0.2) is 18.2 Å². The van der Waals surface area contributed by atoms with Crippen molar-refractivity contribution < 1.29 is 9.47 Å². The molecule has 0 aliphatic rings. The van der Waals surface area contributed by atoms with E-state index in [0.29, 0.717) is 40.1 Å². The van der Waals surface area contributed by atoms with Gasteiger partial charge < -0.3 is 14.5 Å². The van der Waals surface area contributed by atoms with Crippen molar-refractivity contribution in [2.24, 2.45) is 0 Å². The third kappa shape index (κ3) is 2.22. The van der Waals surface area contributed by atoms with Crippen LogP contribution in [0.25, 0.3) is 10.9 Å². The van der Waals surface area contributed by atoms with Gasteiger partial charge in [0.2, 0.25) is 5.43 Å². The van der Waals surface area contributed by atoms with Crippen molar-refractivity contribution in [2.45, 2.75) is 13.8 Å². The largest absolute Gasteiger partial charge is 0.493 e. The number of aromatic nitrogens is 1. The smallest absolute Gasteiger partial charge is 0.207 e. The Bertz CT molecular complexity index is 621. The molecule has 96 valence electrons. The van der Waals surface area contributed by atoms with E-state index in [0.717, 1.165) is 0 Å². The van der Waals surface area contributed by atoms with E-state index in [4.69, 9.17) is 9.47 Å². The van der Waals surface area contributed by atoms with Gasteiger partial charge in [0.15, 0.2) is 0 Å². The molecule has 0 aliphatic carbocycles. The molecule has 1 heterocycles. The van der Waals surface area contributed by atoms with Crippen molar-refractivity contribution in [3.63, 3.8) is 0 Å². The predicted molar refractivity (Wildman–Crippen MR) is 74.6 cm³/mol. The molecule has 18 heavy (non-hydrogen) atoms. The lowest BCUT2D eigenvalue weighted by atomic mass is 10.2. The highest BCUT2D eigenvalue weighted by molar-refractivity contribution is 9.10. The molecule has 0 radical (unpaired) electrons. The van der Waals surface area contributed by atoms with Gasteiger partial charge in [-0.1, -0.05) is 0 Å². The van der Waals surface area contributed by atoms with Crippen LogP contribution >= 0.6 is 15.9 Å². The minimum absolute atomic E-state index is 0.103. The van der Waals surface area contributed by atoms with Crippen molar-refractivity contribution >= 4 is 26.8 Å². The van der Waals surface area contributed by atoms with E-state index in [-0.39, 0.29) is 5.43 Å². The van der Waals surface area contributed by atoms with Gasteiger partial charge in [-0.3, -0.25) is 4.79 Å². The van der Waals surface area contributed by atoms with E-state index in [1.807, 2.05) is 13.8 Å². The Morgan fingerprint density at radius 3 is 2.44 bits per heavy atom. The molecule has 1 aromatic carbocycles. The molecular formula is C13H14BrNO3. The molecule has 2 rings (SSSR count). The molecule has 0 aliphatic heterocycles. The zero-order valence-electron chi connectivity index (χ0n) is 10.2. The van der Waals surface area contributed by atoms with Crippen LogP contribution < -0.4 is 14.9 Å². The van der Waals surface area contributed by atoms with Crippen molar-refractivity contribution in [3.8, 4) is 11.5 Å². The third-order valence-corrected chi connectivity index (χ3v) is 3.10. The second kappa shape index (κ2) is 5.44. The Labute approximate surface area is 113 Å². The van der Waals surface area contributed by atoms with E-state index in [1.165, 1.54) is 0 Å². The molecule has 0 unspecified atom stereocenters. The number of halogens is 1. The monoisotopic (exact) mass is 311 g/mol. The number of ether oxygens (including phenoxy) is 2. The topological polar surface area (TPSA) is 51.3 Å². The number of hydrogen-bond acceptors (Lipinski definition) is 3. The predicted octanol–water partition coefficient (Wildman–Crippen LogP) is 3.09. The summed E-state index contributed by atoms with van der Waals surface area (Å²) in [5.74, 6) is 1.22. The first kappa shape index (κ1) is 13.0. The first-order chi connectivity index (χ1) is 8.69. The molecule has 1 N–H and O–H groups in total. The number of benzene rings is 1. The summed E-state index contributed by atoms with van der Waals surface area (Å²) < 4.78 is 11.5. The highest BCUT2D eigenvalue weighted by atomic mass is 79.9. The van der Waals surface area contributed by atoms with Crippen LogP contribution in [0.1, 0.15) is 13.8 Å². The molecule has 0 saturated heterocycles. The van der Waals surface area contributed by atoms with E-state index < -0.39 is 0 Å². The molecule has 1 aromatic heterocycles. The lowest BCUT2D eigenvalue weighted by Crippen LogP contribution is -2.07. The van der Waals surface area contributed by atoms with Crippen molar-refractivity contribution in [2.75, 3.05) is 13.2 Å². The number of nitrogens with one attached hydrogen (secondary N) is 1. The van der Waals surface area contributed by atoms with Crippen LogP contribution in [0, 0.1) is 0 Å². The summed E-state index contributed by atoms with van der Waals surface area (Å²) in [6, 6.07) is 3.57. The minimum atomic E-state index is -0.103. The molecule has 0 spiro atoms. The summed E-state index contributed by atoms with van der Waals surface area (Å²) >= 11 is 3.23. The number of rotatable bonds is 4. The molecule has 0 saturated carbocycles. The van der Waals surface area contributed by atoms with Crippen LogP contribution in [0.15, 0.2) is 27.6 Å². The van der Waals surface area contributed by atoms with Gasteiger partial charge in [-0.15, -0.1) is 0 Å². The molecule has 0 bridgehead atoms. The van der Waals surface area contributed by atoms with Crippen LogP contribution in [0.2, 0.25) is 0 Å². The third-order valence-electron chi connectivity index (χ3n) is 2.52. The molecule has 0 fully saturated rings. The first-order valence-electron chi connectivity index (χ1n) is 5.78. The maximum Gasteiger partial charge on any atom is 0.207 e. The SMILES string of the molecule is CCOc1ccc(OCC)c2c(=O)c(Br)c[nH]c12. The van der Waals surface area contributed by atoms with Gasteiger partial charge >= 0.3 is 0 Å². The summed E-state index contributed by atoms with van der Waals surface area (Å²) in [6.07, 6.45) is 1.61. The van der Waals surface area contributed by atoms with Gasteiger partial charge in [0.1, 0.15) is 11.5 Å². The van der Waals surface area contributed by atoms with Gasteiger partial charge in [-0.25, -0.2) is 0 Å². The fraction of sp³-hybridized carbons (Fsp3) is 0.308. The van der Waals surface area contributed by atoms with Gasteiger partial charge in [0, 0.05) is 6.20 Å². The van der Waals surface area contributed by atoms with Crippen molar-refractivity contribution in [3.05, 3.63) is 33.0 Å². The summed E-state index contributed by atoms with van der Waals surface area (Å²) in [5, 5.41) is 0.511. The molecule has 4 nitrogen and oxygen atoms in total. The zero-order valence-corrected chi connectivity index (χ0v) is 11.8. The highest BCUT2D eigenvalue weighted by Crippen LogP contribution is 2.30. The van der Waals surface area contributed by atoms with Crippen LogP contribution in [0.3, 0.4) is 0 Å². The maximum absolute atomic E-state index is 12.2. The molecular weight excluding hydrogens is 298 g/mol. The summed E-state index contributed by atoms with van der Waals surface area (Å²) in [5.41, 5.74) is 0.560. The van der Waals surface area contributed by atoms with Gasteiger partial charge in [-0.05, 0) is 41.9 Å². The molecule has 0 atom stereocenters. The average Bonchev–Trinajstić information content (AvgIpc) is 2.36. The maximum atomic E-state index is 12.2. The fourth-order valence-corrected chi connectivity index (χ4v) is 2.12. The Morgan fingerprint density at radius 1 is 1.17 bits per heavy atom. The van der Waals surface area contributed by atoms with E-state index in [1.54, 1.807) is 18.3 Å². The lowest BCUT2D eigenvalue weighted by molar-refractivity contribution is 0.336. The second-order valence-corrected chi connectivity index (χ2v) is 4.50. The Morgan fingerprint density at radius 2 is 1.78 bits per heavy atom. The number of hydrogen-bond donors (Lipinski definition) is 1. The van der Waals surface area contributed by atoms with E-state index >= 15 is 0 Å².